The van der Waals surface area contributed by atoms with Crippen molar-refractivity contribution < 1.29 is 4.79 Å². The van der Waals surface area contributed by atoms with Crippen LogP contribution in [0.1, 0.15) is 24.1 Å². The van der Waals surface area contributed by atoms with Crippen LogP contribution in [-0.2, 0) is 11.3 Å². The predicted octanol–water partition coefficient (Wildman–Crippen LogP) is 6.17. The molecule has 5 heterocycles. The van der Waals surface area contributed by atoms with E-state index in [4.69, 9.17) is 4.98 Å². The first-order valence-electron chi connectivity index (χ1n) is 14.3. The van der Waals surface area contributed by atoms with Gasteiger partial charge in [0.25, 0.3) is 0 Å². The number of anilines is 1. The highest BCUT2D eigenvalue weighted by Crippen LogP contribution is 2.34. The molecule has 0 atom stereocenters. The van der Waals surface area contributed by atoms with E-state index in [0.717, 1.165) is 82.9 Å². The zero-order valence-electron chi connectivity index (χ0n) is 23.4. The first-order valence-corrected chi connectivity index (χ1v) is 14.3. The summed E-state index contributed by atoms with van der Waals surface area (Å²) in [6.45, 7) is 4.62. The topological polar surface area (TPSA) is 88.3 Å². The lowest BCUT2D eigenvalue weighted by Crippen LogP contribution is -2.37. The van der Waals surface area contributed by atoms with Crippen molar-refractivity contribution in [2.24, 2.45) is 5.92 Å². The van der Waals surface area contributed by atoms with Crippen molar-refractivity contribution in [1.82, 2.24) is 29.5 Å². The van der Waals surface area contributed by atoms with Crippen LogP contribution >= 0.6 is 0 Å². The van der Waals surface area contributed by atoms with Crippen LogP contribution in [-0.4, -0.2) is 48.5 Å². The van der Waals surface area contributed by atoms with Crippen molar-refractivity contribution >= 4 is 28.3 Å². The van der Waals surface area contributed by atoms with Gasteiger partial charge in [-0.05, 0) is 62.2 Å². The molecule has 1 aliphatic heterocycles. The van der Waals surface area contributed by atoms with Crippen LogP contribution in [0.25, 0.3) is 39.1 Å². The average molecular weight is 554 g/mol. The van der Waals surface area contributed by atoms with Gasteiger partial charge in [-0.3, -0.25) is 14.7 Å². The second-order valence-corrected chi connectivity index (χ2v) is 10.9. The number of pyridine rings is 2. The van der Waals surface area contributed by atoms with Crippen LogP contribution in [0.3, 0.4) is 0 Å². The summed E-state index contributed by atoms with van der Waals surface area (Å²) in [7, 11) is 0. The van der Waals surface area contributed by atoms with Crippen LogP contribution in [0.4, 0.5) is 5.69 Å². The molecule has 0 spiro atoms. The molecule has 1 fully saturated rings. The fourth-order valence-electron chi connectivity index (χ4n) is 5.77. The summed E-state index contributed by atoms with van der Waals surface area (Å²) in [5.74, 6) is 0.132. The maximum atomic E-state index is 12.7. The highest BCUT2D eigenvalue weighted by molar-refractivity contribution is 5.92. The Kier molecular flexibility index (Phi) is 6.89. The van der Waals surface area contributed by atoms with Crippen LogP contribution in [0.5, 0.6) is 0 Å². The van der Waals surface area contributed by atoms with Gasteiger partial charge in [0.2, 0.25) is 5.91 Å². The Morgan fingerprint density at radius 1 is 0.929 bits per heavy atom. The third-order valence-electron chi connectivity index (χ3n) is 8.00. The zero-order chi connectivity index (χ0) is 28.5. The number of amides is 1. The van der Waals surface area contributed by atoms with E-state index in [-0.39, 0.29) is 11.8 Å². The van der Waals surface area contributed by atoms with Crippen molar-refractivity contribution in [3.63, 3.8) is 0 Å². The number of nitrogens with one attached hydrogen (secondary N) is 1. The van der Waals surface area contributed by atoms with Gasteiger partial charge in [-0.2, -0.15) is 9.61 Å². The minimum Gasteiger partial charge on any atom is -0.326 e. The summed E-state index contributed by atoms with van der Waals surface area (Å²) in [5, 5.41) is 8.62. The summed E-state index contributed by atoms with van der Waals surface area (Å²) < 4.78 is 1.83. The molecule has 2 aromatic carbocycles. The Hall–Kier alpha value is -4.95. The van der Waals surface area contributed by atoms with Gasteiger partial charge in [0.1, 0.15) is 0 Å². The van der Waals surface area contributed by atoms with E-state index in [1.165, 1.54) is 5.56 Å². The maximum Gasteiger partial charge on any atom is 0.227 e. The van der Waals surface area contributed by atoms with E-state index in [9.17, 15) is 4.79 Å². The summed E-state index contributed by atoms with van der Waals surface area (Å²) in [6.07, 6.45) is 6.97. The third kappa shape index (κ3) is 5.24. The third-order valence-corrected chi connectivity index (χ3v) is 8.00. The van der Waals surface area contributed by atoms with Gasteiger partial charge in [0, 0.05) is 59.3 Å². The number of benzene rings is 2. The standard InChI is InChI=1S/C34H31N7O/c1-23-19-31-36-21-28-20-30(25-5-3-2-4-6-25)32(38-33(28)41(31)39-23)26-9-7-24(8-10-26)22-40-17-13-27(14-18-40)34(42)37-29-11-15-35-16-12-29/h2-12,15-16,19-21,27H,13-14,17-18,22H2,1H3,(H,35,37,42). The van der Waals surface area contributed by atoms with Gasteiger partial charge >= 0.3 is 0 Å². The van der Waals surface area contributed by atoms with Crippen molar-refractivity contribution in [3.8, 4) is 22.4 Å². The molecule has 0 unspecified atom stereocenters. The summed E-state index contributed by atoms with van der Waals surface area (Å²) >= 11 is 0. The Morgan fingerprint density at radius 3 is 2.45 bits per heavy atom. The molecule has 4 aromatic heterocycles. The Morgan fingerprint density at radius 2 is 1.69 bits per heavy atom. The maximum absolute atomic E-state index is 12.7. The SMILES string of the molecule is Cc1cc2ncc3cc(-c4ccccc4)c(-c4ccc(CN5CCC(C(=O)Nc6ccncc6)CC5)cc4)nc3n2n1. The highest BCUT2D eigenvalue weighted by atomic mass is 16.1. The van der Waals surface area contributed by atoms with Crippen LogP contribution in [0.15, 0.2) is 97.5 Å². The molecule has 208 valence electrons. The van der Waals surface area contributed by atoms with E-state index >= 15 is 0 Å². The van der Waals surface area contributed by atoms with Gasteiger partial charge in [-0.15, -0.1) is 0 Å². The molecule has 7 rings (SSSR count). The lowest BCUT2D eigenvalue weighted by Gasteiger charge is -2.31. The quantitative estimate of drug-likeness (QED) is 0.266. The largest absolute Gasteiger partial charge is 0.326 e. The minimum atomic E-state index is 0.0346. The van der Waals surface area contributed by atoms with Crippen molar-refractivity contribution in [2.75, 3.05) is 18.4 Å². The number of nitrogens with zero attached hydrogens (tertiary/aromatic N) is 6. The molecule has 1 amide bonds. The molecule has 1 N–H and O–H groups in total. The number of piperidine rings is 1. The number of rotatable bonds is 6. The second-order valence-electron chi connectivity index (χ2n) is 10.9. The van der Waals surface area contributed by atoms with E-state index in [1.54, 1.807) is 12.4 Å². The summed E-state index contributed by atoms with van der Waals surface area (Å²) in [4.78, 5) is 28.9. The molecule has 8 nitrogen and oxygen atoms in total. The molecule has 42 heavy (non-hydrogen) atoms. The number of carbonyl (C=O) groups is 1. The zero-order valence-corrected chi connectivity index (χ0v) is 23.4. The monoisotopic (exact) mass is 553 g/mol. The number of carbonyl (C=O) groups excluding carboxylic acids is 1. The molecule has 0 aliphatic carbocycles. The van der Waals surface area contributed by atoms with E-state index in [0.29, 0.717) is 0 Å². The molecule has 1 aliphatic rings. The highest BCUT2D eigenvalue weighted by Gasteiger charge is 2.25. The van der Waals surface area contributed by atoms with E-state index < -0.39 is 0 Å². The first-order chi connectivity index (χ1) is 20.6. The predicted molar refractivity (Wildman–Crippen MR) is 165 cm³/mol. The second kappa shape index (κ2) is 11.1. The fourth-order valence-corrected chi connectivity index (χ4v) is 5.77. The van der Waals surface area contributed by atoms with Gasteiger partial charge in [0.05, 0.1) is 11.4 Å². The lowest BCUT2D eigenvalue weighted by atomic mass is 9.95. The Labute approximate surface area is 244 Å². The van der Waals surface area contributed by atoms with Crippen LogP contribution in [0.2, 0.25) is 0 Å². The number of aromatic nitrogens is 5. The Bertz CT molecular complexity index is 1860. The van der Waals surface area contributed by atoms with Gasteiger partial charge in [0.15, 0.2) is 11.3 Å². The number of likely N-dealkylation sites (tertiary alicyclic amines) is 1. The van der Waals surface area contributed by atoms with E-state index in [2.05, 4.69) is 79.9 Å². The van der Waals surface area contributed by atoms with Crippen molar-refractivity contribution in [3.05, 3.63) is 109 Å². The van der Waals surface area contributed by atoms with Gasteiger partial charge < -0.3 is 5.32 Å². The number of aryl methyl sites for hydroxylation is 1. The Balaban J connectivity index is 1.11. The van der Waals surface area contributed by atoms with Crippen LogP contribution in [0, 0.1) is 12.8 Å². The van der Waals surface area contributed by atoms with Gasteiger partial charge in [-0.25, -0.2) is 9.97 Å². The summed E-state index contributed by atoms with van der Waals surface area (Å²) in [6, 6.07) is 26.9. The van der Waals surface area contributed by atoms with Crippen molar-refractivity contribution in [2.45, 2.75) is 26.3 Å². The molecule has 1 saturated heterocycles. The van der Waals surface area contributed by atoms with Gasteiger partial charge in [-0.1, -0.05) is 54.6 Å². The molecule has 8 heteroatoms. The lowest BCUT2D eigenvalue weighted by molar-refractivity contribution is -0.121. The smallest absolute Gasteiger partial charge is 0.227 e. The normalized spacial score (nSPS) is 14.4. The number of fused-ring (bicyclic) bond motifs is 3. The molecular formula is C34H31N7O. The first kappa shape index (κ1) is 26.0. The fraction of sp³-hybridized carbons (Fsp3) is 0.206. The average Bonchev–Trinajstić information content (AvgIpc) is 3.43. The molecule has 0 bridgehead atoms. The molecule has 6 aromatic rings. The van der Waals surface area contributed by atoms with Crippen molar-refractivity contribution in [1.29, 1.82) is 0 Å². The van der Waals surface area contributed by atoms with E-state index in [1.807, 2.05) is 41.9 Å². The number of hydrogen-bond acceptors (Lipinski definition) is 6. The molecular weight excluding hydrogens is 522 g/mol. The molecule has 0 radical (unpaired) electrons. The minimum absolute atomic E-state index is 0.0346. The summed E-state index contributed by atoms with van der Waals surface area (Å²) in [5.41, 5.74) is 8.69. The van der Waals surface area contributed by atoms with Crippen LogP contribution < -0.4 is 5.32 Å². The number of hydrogen-bond donors (Lipinski definition) is 1. The molecule has 0 saturated carbocycles.